The number of allylic oxidation sites excluding steroid dienone is 1. The van der Waals surface area contributed by atoms with E-state index in [4.69, 9.17) is 18.9 Å². The highest BCUT2D eigenvalue weighted by atomic mass is 16.7. The Morgan fingerprint density at radius 1 is 1.27 bits per heavy atom. The highest BCUT2D eigenvalue weighted by Gasteiger charge is 2.84. The highest BCUT2D eigenvalue weighted by Crippen LogP contribution is 2.71. The van der Waals surface area contributed by atoms with Crippen molar-refractivity contribution in [1.29, 1.82) is 0 Å². The van der Waals surface area contributed by atoms with Crippen molar-refractivity contribution >= 4 is 17.9 Å². The summed E-state index contributed by atoms with van der Waals surface area (Å²) in [6.07, 6.45) is 0.305. The van der Waals surface area contributed by atoms with Crippen LogP contribution in [0.3, 0.4) is 0 Å². The van der Waals surface area contributed by atoms with Crippen LogP contribution in [-0.4, -0.2) is 52.7 Å². The normalized spacial score (nSPS) is 44.5. The Hall–Kier alpha value is -2.19. The Morgan fingerprint density at radius 3 is 2.53 bits per heavy atom. The summed E-state index contributed by atoms with van der Waals surface area (Å²) in [6, 6.07) is 0. The SMILES string of the molecule is C/C=C(/C)C(=O)OC1[C@@]2(O)OC(=O)C(C)=C2C[C@]2(C)[C@@H](C)[C@@H](OC(C)=O)C[C@H]3O[C@]132. The zero-order chi connectivity index (χ0) is 22.2. The van der Waals surface area contributed by atoms with Gasteiger partial charge in [-0.25, -0.2) is 9.59 Å². The minimum Gasteiger partial charge on any atom is -0.462 e. The number of aliphatic hydroxyl groups is 1. The van der Waals surface area contributed by atoms with E-state index >= 15 is 0 Å². The van der Waals surface area contributed by atoms with Gasteiger partial charge in [0.05, 0.1) is 6.10 Å². The van der Waals surface area contributed by atoms with Crippen LogP contribution in [0.5, 0.6) is 0 Å². The van der Waals surface area contributed by atoms with Crippen molar-refractivity contribution in [3.05, 3.63) is 22.8 Å². The van der Waals surface area contributed by atoms with E-state index in [2.05, 4.69) is 0 Å². The molecule has 0 radical (unpaired) electrons. The zero-order valence-corrected chi connectivity index (χ0v) is 18.1. The third kappa shape index (κ3) is 2.49. The Labute approximate surface area is 175 Å². The fourth-order valence-corrected chi connectivity index (χ4v) is 5.59. The lowest BCUT2D eigenvalue weighted by atomic mass is 9.51. The number of carbonyl (C=O) groups is 3. The molecule has 4 aliphatic rings. The largest absolute Gasteiger partial charge is 0.462 e. The van der Waals surface area contributed by atoms with Crippen LogP contribution in [-0.2, 0) is 33.3 Å². The predicted octanol–water partition coefficient (Wildman–Crippen LogP) is 1.95. The maximum atomic E-state index is 12.7. The maximum Gasteiger partial charge on any atom is 0.336 e. The molecule has 1 unspecified atom stereocenters. The number of carbonyl (C=O) groups excluding carboxylic acids is 3. The second kappa shape index (κ2) is 6.40. The zero-order valence-electron chi connectivity index (χ0n) is 18.1. The van der Waals surface area contributed by atoms with Crippen LogP contribution in [0.2, 0.25) is 0 Å². The predicted molar refractivity (Wildman–Crippen MR) is 103 cm³/mol. The first kappa shape index (κ1) is 21.1. The minimum atomic E-state index is -2.08. The first-order chi connectivity index (χ1) is 13.9. The number of hydrogen-bond acceptors (Lipinski definition) is 8. The standard InChI is InChI=1S/C22H28O8/c1-7-10(2)17(24)28-19-21-16(29-21)8-15(27-13(5)23)12(4)20(21,6)9-14-11(3)18(25)30-22(14,19)26/h7,12,15-16,19,26H,8-9H2,1-6H3/b10-7-/t12-,15-,16+,19?,20+,21-,22-/m0/s1. The summed E-state index contributed by atoms with van der Waals surface area (Å²) >= 11 is 0. The van der Waals surface area contributed by atoms with Crippen LogP contribution in [0.4, 0.5) is 0 Å². The van der Waals surface area contributed by atoms with Crippen molar-refractivity contribution in [3.63, 3.8) is 0 Å². The number of hydrogen-bond donors (Lipinski definition) is 1. The molecule has 0 bridgehead atoms. The summed E-state index contributed by atoms with van der Waals surface area (Å²) in [5.41, 5.74) is -0.650. The number of rotatable bonds is 3. The molecule has 1 N–H and O–H groups in total. The molecule has 3 fully saturated rings. The van der Waals surface area contributed by atoms with Crippen molar-refractivity contribution in [2.24, 2.45) is 11.3 Å². The summed E-state index contributed by atoms with van der Waals surface area (Å²) in [6.45, 7) is 10.2. The van der Waals surface area contributed by atoms with Crippen LogP contribution in [0.15, 0.2) is 22.8 Å². The lowest BCUT2D eigenvalue weighted by Crippen LogP contribution is -2.69. The highest BCUT2D eigenvalue weighted by molar-refractivity contribution is 5.93. The Bertz CT molecular complexity index is 903. The van der Waals surface area contributed by atoms with E-state index in [1.807, 2.05) is 13.8 Å². The molecule has 4 rings (SSSR count). The van der Waals surface area contributed by atoms with Gasteiger partial charge >= 0.3 is 17.9 Å². The second-order valence-corrected chi connectivity index (χ2v) is 9.11. The minimum absolute atomic E-state index is 0.176. The molecule has 8 heteroatoms. The third-order valence-corrected chi connectivity index (χ3v) is 7.69. The average Bonchev–Trinajstić information content (AvgIpc) is 3.35. The topological polar surface area (TPSA) is 112 Å². The van der Waals surface area contributed by atoms with Crippen molar-refractivity contribution in [1.82, 2.24) is 0 Å². The molecule has 7 atom stereocenters. The number of ether oxygens (including phenoxy) is 4. The van der Waals surface area contributed by atoms with Crippen LogP contribution in [0.25, 0.3) is 0 Å². The molecule has 2 heterocycles. The molecule has 1 spiro atoms. The molecule has 0 aromatic heterocycles. The second-order valence-electron chi connectivity index (χ2n) is 9.11. The summed E-state index contributed by atoms with van der Waals surface area (Å²) in [5.74, 6) is -3.88. The van der Waals surface area contributed by atoms with Crippen molar-refractivity contribution in [2.45, 2.75) is 84.1 Å². The summed E-state index contributed by atoms with van der Waals surface area (Å²) in [4.78, 5) is 36.7. The summed E-state index contributed by atoms with van der Waals surface area (Å²) in [7, 11) is 0. The lowest BCUT2D eigenvalue weighted by Gasteiger charge is -2.55. The van der Waals surface area contributed by atoms with Gasteiger partial charge in [-0.15, -0.1) is 0 Å². The molecule has 8 nitrogen and oxygen atoms in total. The van der Waals surface area contributed by atoms with Crippen LogP contribution in [0, 0.1) is 11.3 Å². The molecule has 2 aliphatic carbocycles. The van der Waals surface area contributed by atoms with Gasteiger partial charge < -0.3 is 24.1 Å². The fraction of sp³-hybridized carbons (Fsp3) is 0.682. The van der Waals surface area contributed by atoms with Gasteiger partial charge in [0, 0.05) is 41.4 Å². The monoisotopic (exact) mass is 420 g/mol. The van der Waals surface area contributed by atoms with E-state index in [9.17, 15) is 19.5 Å². The molecule has 30 heavy (non-hydrogen) atoms. The average molecular weight is 420 g/mol. The maximum absolute atomic E-state index is 12.7. The van der Waals surface area contributed by atoms with Crippen LogP contribution in [0.1, 0.15) is 54.4 Å². The van der Waals surface area contributed by atoms with Gasteiger partial charge in [-0.1, -0.05) is 19.9 Å². The first-order valence-electron chi connectivity index (χ1n) is 10.3. The van der Waals surface area contributed by atoms with Gasteiger partial charge in [0.1, 0.15) is 11.7 Å². The van der Waals surface area contributed by atoms with Gasteiger partial charge in [-0.3, -0.25) is 4.79 Å². The van der Waals surface area contributed by atoms with Crippen molar-refractivity contribution in [2.75, 3.05) is 0 Å². The molecule has 0 amide bonds. The van der Waals surface area contributed by atoms with Gasteiger partial charge in [0.2, 0.25) is 6.10 Å². The van der Waals surface area contributed by atoms with E-state index in [0.29, 0.717) is 29.6 Å². The molecule has 0 aromatic carbocycles. The molecular formula is C22H28O8. The number of esters is 3. The van der Waals surface area contributed by atoms with E-state index in [-0.39, 0.29) is 18.0 Å². The number of fused-ring (bicyclic) bond motifs is 1. The molecule has 2 aliphatic heterocycles. The van der Waals surface area contributed by atoms with Gasteiger partial charge in [-0.2, -0.15) is 0 Å². The van der Waals surface area contributed by atoms with E-state index in [1.54, 1.807) is 26.8 Å². The van der Waals surface area contributed by atoms with Gasteiger partial charge in [-0.05, 0) is 27.2 Å². The molecule has 2 saturated carbocycles. The molecular weight excluding hydrogens is 392 g/mol. The van der Waals surface area contributed by atoms with Crippen molar-refractivity contribution < 1.29 is 38.4 Å². The van der Waals surface area contributed by atoms with E-state index in [0.717, 1.165) is 0 Å². The quantitative estimate of drug-likeness (QED) is 0.319. The summed E-state index contributed by atoms with van der Waals surface area (Å²) in [5, 5.41) is 11.5. The first-order valence-corrected chi connectivity index (χ1v) is 10.3. The number of epoxide rings is 1. The van der Waals surface area contributed by atoms with E-state index < -0.39 is 40.9 Å². The molecule has 1 saturated heterocycles. The van der Waals surface area contributed by atoms with E-state index in [1.165, 1.54) is 6.92 Å². The fourth-order valence-electron chi connectivity index (χ4n) is 5.59. The van der Waals surface area contributed by atoms with Gasteiger partial charge in [0.15, 0.2) is 0 Å². The van der Waals surface area contributed by atoms with Crippen molar-refractivity contribution in [3.8, 4) is 0 Å². The van der Waals surface area contributed by atoms with Gasteiger partial charge in [0.25, 0.3) is 5.79 Å². The molecule has 164 valence electrons. The lowest BCUT2D eigenvalue weighted by molar-refractivity contribution is -0.266. The molecule has 0 aromatic rings. The summed E-state index contributed by atoms with van der Waals surface area (Å²) < 4.78 is 22.9. The Kier molecular flexibility index (Phi) is 4.50. The smallest absolute Gasteiger partial charge is 0.336 e. The van der Waals surface area contributed by atoms with Crippen LogP contribution >= 0.6 is 0 Å². The third-order valence-electron chi connectivity index (χ3n) is 7.69. The Morgan fingerprint density at radius 2 is 1.93 bits per heavy atom. The van der Waals surface area contributed by atoms with Crippen LogP contribution < -0.4 is 0 Å². The Balaban J connectivity index is 1.82.